The van der Waals surface area contributed by atoms with Gasteiger partial charge >= 0.3 is 23.9 Å². The van der Waals surface area contributed by atoms with Gasteiger partial charge in [0.05, 0.1) is 11.8 Å². The number of carboxylic acids is 4. The zero-order chi connectivity index (χ0) is 22.6. The van der Waals surface area contributed by atoms with Gasteiger partial charge < -0.3 is 20.4 Å². The van der Waals surface area contributed by atoms with E-state index in [-0.39, 0.29) is 24.2 Å². The number of unbranched alkanes of at least 4 members (excludes halogenated alkanes) is 1. The van der Waals surface area contributed by atoms with Crippen molar-refractivity contribution >= 4 is 23.9 Å². The van der Waals surface area contributed by atoms with Crippen molar-refractivity contribution < 1.29 is 39.6 Å². The van der Waals surface area contributed by atoms with E-state index in [4.69, 9.17) is 20.4 Å². The molecule has 0 aliphatic heterocycles. The van der Waals surface area contributed by atoms with Crippen molar-refractivity contribution in [1.29, 1.82) is 0 Å². The molecule has 8 heteroatoms. The maximum absolute atomic E-state index is 9.93. The largest absolute Gasteiger partial charge is 0.481 e. The van der Waals surface area contributed by atoms with Gasteiger partial charge in [0.15, 0.2) is 0 Å². The summed E-state index contributed by atoms with van der Waals surface area (Å²) in [6.07, 6.45) is 3.08. The highest BCUT2D eigenvalue weighted by Crippen LogP contribution is 1.98. The lowest BCUT2D eigenvalue weighted by atomic mass is 10.1. The third-order valence-corrected chi connectivity index (χ3v) is 2.85. The molecule has 162 valence electrons. The van der Waals surface area contributed by atoms with Crippen LogP contribution in [0.4, 0.5) is 0 Å². The predicted molar refractivity (Wildman–Crippen MR) is 104 cm³/mol. The molecule has 0 heterocycles. The molecule has 0 aromatic rings. The van der Waals surface area contributed by atoms with Crippen LogP contribution in [0.3, 0.4) is 0 Å². The van der Waals surface area contributed by atoms with E-state index in [2.05, 4.69) is 0 Å². The Balaban J connectivity index is -0.000000131. The van der Waals surface area contributed by atoms with E-state index in [1.807, 2.05) is 27.7 Å². The molecule has 4 N–H and O–H groups in total. The first kappa shape index (κ1) is 32.5. The summed E-state index contributed by atoms with van der Waals surface area (Å²) in [7, 11) is 0. The summed E-state index contributed by atoms with van der Waals surface area (Å²) in [6, 6.07) is 0. The van der Waals surface area contributed by atoms with Gasteiger partial charge in [-0.25, -0.2) is 0 Å². The molecular formula is C19H38O8. The van der Waals surface area contributed by atoms with Crippen molar-refractivity contribution in [2.45, 2.75) is 80.6 Å². The Morgan fingerprint density at radius 2 is 1.15 bits per heavy atom. The first-order valence-electron chi connectivity index (χ1n) is 9.11. The molecule has 0 spiro atoms. The van der Waals surface area contributed by atoms with Crippen molar-refractivity contribution in [2.24, 2.45) is 17.8 Å². The van der Waals surface area contributed by atoms with Crippen LogP contribution in [0.15, 0.2) is 0 Å². The van der Waals surface area contributed by atoms with E-state index < -0.39 is 23.9 Å². The summed E-state index contributed by atoms with van der Waals surface area (Å²) in [5, 5.41) is 32.3. The van der Waals surface area contributed by atoms with Crippen LogP contribution in [0, 0.1) is 17.8 Å². The fraction of sp³-hybridized carbons (Fsp3) is 0.789. The lowest BCUT2D eigenvalue weighted by Crippen LogP contribution is -2.06. The van der Waals surface area contributed by atoms with Crippen LogP contribution < -0.4 is 0 Å². The minimum absolute atomic E-state index is 0.181. The Kier molecular flexibility index (Phi) is 26.4. The monoisotopic (exact) mass is 394 g/mol. The zero-order valence-electron chi connectivity index (χ0n) is 17.7. The molecule has 1 atom stereocenters. The molecule has 0 rings (SSSR count). The summed E-state index contributed by atoms with van der Waals surface area (Å²) in [6.45, 7) is 12.6. The van der Waals surface area contributed by atoms with Gasteiger partial charge in [0.1, 0.15) is 0 Å². The highest BCUT2D eigenvalue weighted by molar-refractivity contribution is 5.69. The zero-order valence-corrected chi connectivity index (χ0v) is 17.7. The van der Waals surface area contributed by atoms with Gasteiger partial charge in [-0.1, -0.05) is 54.9 Å². The van der Waals surface area contributed by atoms with Crippen molar-refractivity contribution in [1.82, 2.24) is 0 Å². The van der Waals surface area contributed by atoms with E-state index in [0.29, 0.717) is 6.42 Å². The number of carbonyl (C=O) groups is 4. The fourth-order valence-corrected chi connectivity index (χ4v) is 0.852. The van der Waals surface area contributed by atoms with Crippen LogP contribution in [-0.4, -0.2) is 44.3 Å². The van der Waals surface area contributed by atoms with Crippen molar-refractivity contribution in [2.75, 3.05) is 0 Å². The Labute approximate surface area is 162 Å². The van der Waals surface area contributed by atoms with Crippen LogP contribution in [0.2, 0.25) is 0 Å². The van der Waals surface area contributed by atoms with E-state index in [1.54, 1.807) is 20.8 Å². The van der Waals surface area contributed by atoms with Gasteiger partial charge in [0, 0.05) is 12.8 Å². The first-order valence-corrected chi connectivity index (χ1v) is 9.11. The molecule has 0 aromatic carbocycles. The molecule has 0 bridgehead atoms. The molecule has 0 aliphatic carbocycles. The van der Waals surface area contributed by atoms with Crippen LogP contribution in [-0.2, 0) is 19.2 Å². The van der Waals surface area contributed by atoms with Gasteiger partial charge in [0.25, 0.3) is 0 Å². The molecule has 0 aliphatic rings. The van der Waals surface area contributed by atoms with Crippen LogP contribution in [0.5, 0.6) is 0 Å². The molecule has 0 saturated heterocycles. The SMILES string of the molecule is CC(C)C(=O)O.CC(C)CC(=O)O.CCC(C)C(=O)O.CCCCC(=O)O. The van der Waals surface area contributed by atoms with Crippen LogP contribution in [0.1, 0.15) is 80.6 Å². The lowest BCUT2D eigenvalue weighted by Gasteiger charge is -1.96. The highest BCUT2D eigenvalue weighted by atomic mass is 16.4. The number of rotatable bonds is 8. The number of aliphatic carboxylic acids is 4. The summed E-state index contributed by atoms with van der Waals surface area (Å²) >= 11 is 0. The standard InChI is InChI=1S/3C5H10O2.C4H8O2/c1-4(2)3-5(6)7;1-3-4(2)5(6)7;1-2-3-4-5(6)7;1-3(2)4(5)6/h2*4H,3H2,1-2H3,(H,6,7);2-4H2,1H3,(H,6,7);3H,1-2H3,(H,5,6). The predicted octanol–water partition coefficient (Wildman–Crippen LogP) is 4.22. The molecule has 0 radical (unpaired) electrons. The number of hydrogen-bond donors (Lipinski definition) is 4. The summed E-state index contributed by atoms with van der Waals surface area (Å²) in [5.74, 6) is -2.99. The molecule has 8 nitrogen and oxygen atoms in total. The van der Waals surface area contributed by atoms with Crippen molar-refractivity contribution in [3.05, 3.63) is 0 Å². The maximum Gasteiger partial charge on any atom is 0.306 e. The minimum atomic E-state index is -0.741. The molecule has 0 amide bonds. The van der Waals surface area contributed by atoms with Gasteiger partial charge in [-0.15, -0.1) is 0 Å². The average molecular weight is 395 g/mol. The molecule has 0 fully saturated rings. The third-order valence-electron chi connectivity index (χ3n) is 2.85. The molecule has 0 aromatic heterocycles. The van der Waals surface area contributed by atoms with E-state index in [0.717, 1.165) is 19.3 Å². The number of carboxylic acid groups (broad SMARTS) is 4. The molecule has 27 heavy (non-hydrogen) atoms. The second kappa shape index (κ2) is 21.9. The van der Waals surface area contributed by atoms with Crippen molar-refractivity contribution in [3.8, 4) is 0 Å². The molecule has 0 saturated carbocycles. The second-order valence-electron chi connectivity index (χ2n) is 6.63. The van der Waals surface area contributed by atoms with E-state index in [1.165, 1.54) is 0 Å². The molecular weight excluding hydrogens is 356 g/mol. The Morgan fingerprint density at radius 3 is 1.19 bits per heavy atom. The van der Waals surface area contributed by atoms with E-state index >= 15 is 0 Å². The smallest absolute Gasteiger partial charge is 0.306 e. The van der Waals surface area contributed by atoms with E-state index in [9.17, 15) is 19.2 Å². The van der Waals surface area contributed by atoms with Crippen LogP contribution >= 0.6 is 0 Å². The summed E-state index contributed by atoms with van der Waals surface area (Å²) < 4.78 is 0. The Morgan fingerprint density at radius 1 is 0.741 bits per heavy atom. The number of hydrogen-bond acceptors (Lipinski definition) is 4. The first-order chi connectivity index (χ1) is 12.2. The normalized spacial score (nSPS) is 10.3. The summed E-state index contributed by atoms with van der Waals surface area (Å²) in [4.78, 5) is 39.2. The minimum Gasteiger partial charge on any atom is -0.481 e. The quantitative estimate of drug-likeness (QED) is 0.478. The van der Waals surface area contributed by atoms with Gasteiger partial charge in [-0.05, 0) is 18.8 Å². The average Bonchev–Trinajstić information content (AvgIpc) is 2.52. The highest BCUT2D eigenvalue weighted by Gasteiger charge is 2.05. The topological polar surface area (TPSA) is 149 Å². The fourth-order valence-electron chi connectivity index (χ4n) is 0.852. The summed E-state index contributed by atoms with van der Waals surface area (Å²) in [5.41, 5.74) is 0. The maximum atomic E-state index is 9.93. The third kappa shape index (κ3) is 45.3. The van der Waals surface area contributed by atoms with Gasteiger partial charge in [-0.2, -0.15) is 0 Å². The Bertz CT molecular complexity index is 403. The van der Waals surface area contributed by atoms with Gasteiger partial charge in [0.2, 0.25) is 0 Å². The lowest BCUT2D eigenvalue weighted by molar-refractivity contribution is -0.141. The van der Waals surface area contributed by atoms with Crippen LogP contribution in [0.25, 0.3) is 0 Å². The van der Waals surface area contributed by atoms with Crippen molar-refractivity contribution in [3.63, 3.8) is 0 Å². The Hall–Kier alpha value is -2.12. The van der Waals surface area contributed by atoms with Gasteiger partial charge in [-0.3, -0.25) is 19.2 Å². The second-order valence-corrected chi connectivity index (χ2v) is 6.63. The molecule has 1 unspecified atom stereocenters.